The van der Waals surface area contributed by atoms with Crippen molar-refractivity contribution in [2.75, 3.05) is 20.6 Å². The third-order valence-corrected chi connectivity index (χ3v) is 9.51. The van der Waals surface area contributed by atoms with Crippen LogP contribution in [0.1, 0.15) is 195 Å². The van der Waals surface area contributed by atoms with Gasteiger partial charge in [0.1, 0.15) is 0 Å². The Balaban J connectivity index is 2.30. The van der Waals surface area contributed by atoms with E-state index in [9.17, 15) is 0 Å². The van der Waals surface area contributed by atoms with Crippen molar-refractivity contribution < 1.29 is 9.47 Å². The summed E-state index contributed by atoms with van der Waals surface area (Å²) in [7, 11) is 4.28. The Labute approximate surface area is 283 Å². The van der Waals surface area contributed by atoms with Gasteiger partial charge in [0.15, 0.2) is 5.79 Å². The second kappa shape index (κ2) is 29.3. The highest BCUT2D eigenvalue weighted by Crippen LogP contribution is 2.36. The summed E-state index contributed by atoms with van der Waals surface area (Å²) in [6, 6.07) is 0. The van der Waals surface area contributed by atoms with E-state index in [2.05, 4.69) is 77.1 Å². The molecule has 0 aromatic rings. The number of unbranched alkanes of at least 4 members (excludes halogenated alkanes) is 15. The molecule has 1 saturated heterocycles. The average molecular weight is 630 g/mol. The zero-order valence-corrected chi connectivity index (χ0v) is 31.4. The van der Waals surface area contributed by atoms with E-state index in [0.717, 1.165) is 38.6 Å². The Morgan fingerprint density at radius 3 is 1.64 bits per heavy atom. The van der Waals surface area contributed by atoms with Gasteiger partial charge in [-0.1, -0.05) is 140 Å². The lowest BCUT2D eigenvalue weighted by Gasteiger charge is -2.25. The first kappa shape index (κ1) is 42.1. The highest BCUT2D eigenvalue weighted by molar-refractivity contribution is 5.05. The van der Waals surface area contributed by atoms with Crippen molar-refractivity contribution in [3.63, 3.8) is 0 Å². The highest BCUT2D eigenvalue weighted by Gasteiger charge is 2.43. The van der Waals surface area contributed by atoms with E-state index in [0.29, 0.717) is 0 Å². The van der Waals surface area contributed by atoms with Gasteiger partial charge in [0.2, 0.25) is 0 Å². The summed E-state index contributed by atoms with van der Waals surface area (Å²) in [4.78, 5) is 2.24. The third-order valence-electron chi connectivity index (χ3n) is 9.51. The molecule has 0 saturated carbocycles. The minimum absolute atomic E-state index is 0.269. The van der Waals surface area contributed by atoms with Crippen LogP contribution in [-0.4, -0.2) is 43.5 Å². The van der Waals surface area contributed by atoms with Gasteiger partial charge in [-0.05, 0) is 98.1 Å². The van der Waals surface area contributed by atoms with Gasteiger partial charge in [0, 0.05) is 13.0 Å². The molecule has 0 spiro atoms. The molecule has 1 rings (SSSR count). The Kier molecular flexibility index (Phi) is 27.4. The molecular weight excluding hydrogens is 550 g/mol. The van der Waals surface area contributed by atoms with E-state index in [4.69, 9.17) is 9.47 Å². The molecule has 1 fully saturated rings. The lowest BCUT2D eigenvalue weighted by molar-refractivity contribution is -0.168. The minimum Gasteiger partial charge on any atom is -0.344 e. The Bertz CT molecular complexity index is 741. The van der Waals surface area contributed by atoms with Gasteiger partial charge in [0.05, 0.1) is 12.2 Å². The normalized spacial score (nSPS) is 20.9. The first-order chi connectivity index (χ1) is 21.9. The fourth-order valence-electron chi connectivity index (χ4n) is 6.57. The molecule has 3 unspecified atom stereocenters. The lowest BCUT2D eigenvalue weighted by atomic mass is 9.99. The molecule has 0 aromatic heterocycles. The van der Waals surface area contributed by atoms with Gasteiger partial charge >= 0.3 is 0 Å². The van der Waals surface area contributed by atoms with E-state index in [1.165, 1.54) is 135 Å². The van der Waals surface area contributed by atoms with E-state index in [-0.39, 0.29) is 12.2 Å². The summed E-state index contributed by atoms with van der Waals surface area (Å²) in [5, 5.41) is 0. The minimum atomic E-state index is -0.419. The second-order valence-electron chi connectivity index (χ2n) is 14.4. The quantitative estimate of drug-likeness (QED) is 0.0562. The molecule has 1 heterocycles. The maximum atomic E-state index is 6.63. The number of hydrogen-bond donors (Lipinski definition) is 0. The molecule has 0 bridgehead atoms. The van der Waals surface area contributed by atoms with E-state index < -0.39 is 5.79 Å². The molecule has 0 radical (unpaired) electrons. The summed E-state index contributed by atoms with van der Waals surface area (Å²) in [5.74, 6) is -0.419. The van der Waals surface area contributed by atoms with Crippen LogP contribution in [0, 0.1) is 0 Å². The third kappa shape index (κ3) is 24.0. The Morgan fingerprint density at radius 1 is 0.600 bits per heavy atom. The van der Waals surface area contributed by atoms with Gasteiger partial charge in [-0.25, -0.2) is 0 Å². The van der Waals surface area contributed by atoms with Gasteiger partial charge in [-0.15, -0.1) is 0 Å². The van der Waals surface area contributed by atoms with Crippen molar-refractivity contribution in [2.24, 2.45) is 0 Å². The topological polar surface area (TPSA) is 21.7 Å². The standard InChI is InChI=1S/C42H79NO2/c1-7-10-13-15-16-18-22-25-30-35-40-41(45-42(4,44-40)37-38-43(5)6)36-31-26-23-20-17-19-21-24-29-34-39(32-27-12-9-3)33-28-14-11-8-2/h10,13,21,24,34,40-41H,7-9,11-12,14-20,22-23,25-33,35-38H2,1-6H3/b13-10-,24-21-,39-34+. The lowest BCUT2D eigenvalue weighted by Crippen LogP contribution is -2.31. The van der Waals surface area contributed by atoms with Crippen LogP contribution in [0.3, 0.4) is 0 Å². The largest absolute Gasteiger partial charge is 0.344 e. The van der Waals surface area contributed by atoms with Crippen molar-refractivity contribution in [1.82, 2.24) is 4.90 Å². The first-order valence-electron chi connectivity index (χ1n) is 19.9. The zero-order chi connectivity index (χ0) is 32.9. The molecule has 45 heavy (non-hydrogen) atoms. The van der Waals surface area contributed by atoms with Crippen molar-refractivity contribution in [3.05, 3.63) is 36.0 Å². The van der Waals surface area contributed by atoms with Crippen molar-refractivity contribution in [1.29, 1.82) is 0 Å². The van der Waals surface area contributed by atoms with Crippen molar-refractivity contribution >= 4 is 0 Å². The first-order valence-corrected chi connectivity index (χ1v) is 19.9. The molecule has 3 nitrogen and oxygen atoms in total. The number of ether oxygens (including phenoxy) is 2. The summed E-state index contributed by atoms with van der Waals surface area (Å²) in [6.07, 6.45) is 46.0. The number of nitrogens with zero attached hydrogens (tertiary/aromatic N) is 1. The van der Waals surface area contributed by atoms with Gasteiger partial charge in [0.25, 0.3) is 0 Å². The van der Waals surface area contributed by atoms with Crippen LogP contribution in [0.2, 0.25) is 0 Å². The van der Waals surface area contributed by atoms with E-state index in [1.54, 1.807) is 5.57 Å². The molecular formula is C42H79NO2. The molecule has 0 aliphatic carbocycles. The predicted molar refractivity (Wildman–Crippen MR) is 200 cm³/mol. The van der Waals surface area contributed by atoms with Crippen LogP contribution in [-0.2, 0) is 9.47 Å². The van der Waals surface area contributed by atoms with Crippen molar-refractivity contribution in [2.45, 2.75) is 213 Å². The maximum absolute atomic E-state index is 6.63. The van der Waals surface area contributed by atoms with Gasteiger partial charge in [-0.3, -0.25) is 0 Å². The number of hydrogen-bond acceptors (Lipinski definition) is 3. The fraction of sp³-hybridized carbons (Fsp3) is 0.857. The summed E-state index contributed by atoms with van der Waals surface area (Å²) in [5.41, 5.74) is 1.71. The summed E-state index contributed by atoms with van der Waals surface area (Å²) >= 11 is 0. The number of allylic oxidation sites excluding steroid dienone is 6. The van der Waals surface area contributed by atoms with Crippen LogP contribution in [0.15, 0.2) is 36.0 Å². The van der Waals surface area contributed by atoms with Crippen LogP contribution in [0.25, 0.3) is 0 Å². The molecule has 1 aliphatic rings. The highest BCUT2D eigenvalue weighted by atomic mass is 16.8. The molecule has 264 valence electrons. The second-order valence-corrected chi connectivity index (χ2v) is 14.4. The summed E-state index contributed by atoms with van der Waals surface area (Å²) < 4.78 is 13.3. The van der Waals surface area contributed by atoms with Crippen molar-refractivity contribution in [3.8, 4) is 0 Å². The van der Waals surface area contributed by atoms with Gasteiger partial charge < -0.3 is 14.4 Å². The molecule has 1 aliphatic heterocycles. The number of rotatable bonds is 31. The van der Waals surface area contributed by atoms with Crippen LogP contribution < -0.4 is 0 Å². The van der Waals surface area contributed by atoms with Crippen LogP contribution in [0.5, 0.6) is 0 Å². The SMILES string of the molecule is CC/C=C\CCCCCCCC1OC(C)(CCN(C)C)OC1CCCCCCC/C=C\C/C=C(\CCCCC)CCCCCC. The van der Waals surface area contributed by atoms with Crippen LogP contribution in [0.4, 0.5) is 0 Å². The Hall–Kier alpha value is -0.900. The fourth-order valence-corrected chi connectivity index (χ4v) is 6.57. The monoisotopic (exact) mass is 630 g/mol. The molecule has 3 heteroatoms. The van der Waals surface area contributed by atoms with Crippen LogP contribution >= 0.6 is 0 Å². The smallest absolute Gasteiger partial charge is 0.167 e. The maximum Gasteiger partial charge on any atom is 0.167 e. The Morgan fingerprint density at radius 2 is 1.09 bits per heavy atom. The predicted octanol–water partition coefficient (Wildman–Crippen LogP) is 13.3. The van der Waals surface area contributed by atoms with E-state index >= 15 is 0 Å². The molecule has 0 aromatic carbocycles. The molecule has 0 amide bonds. The van der Waals surface area contributed by atoms with Gasteiger partial charge in [-0.2, -0.15) is 0 Å². The average Bonchev–Trinajstić information content (AvgIpc) is 3.35. The zero-order valence-electron chi connectivity index (χ0n) is 31.4. The molecule has 3 atom stereocenters. The van der Waals surface area contributed by atoms with E-state index in [1.807, 2.05) is 0 Å². The summed E-state index contributed by atoms with van der Waals surface area (Å²) in [6.45, 7) is 10.0. The molecule has 0 N–H and O–H groups in total.